The Morgan fingerprint density at radius 3 is 2.55 bits per heavy atom. The predicted molar refractivity (Wildman–Crippen MR) is 75.0 cm³/mol. The molecule has 0 atom stereocenters. The maximum absolute atomic E-state index is 10.9. The Labute approximate surface area is 116 Å². The smallest absolute Gasteiger partial charge is 0.272 e. The number of phenolic OH excluding ortho intramolecular Hbond substituents is 1. The van der Waals surface area contributed by atoms with Crippen LogP contribution in [0.25, 0.3) is 0 Å². The van der Waals surface area contributed by atoms with E-state index in [9.17, 15) is 15.2 Å². The standard InChI is InChI=1S/C15H15NO4/c1-10-12(5-3-6-13(10)16(18)19)9-20-15-8-4-7-14(17)11(15)2/h3-8,17H,9H2,1-2H3. The second-order valence-corrected chi connectivity index (χ2v) is 4.51. The SMILES string of the molecule is Cc1c(O)cccc1OCc1cccc([N+](=O)[O-])c1C. The number of nitro benzene ring substituents is 1. The number of rotatable bonds is 4. The molecule has 0 aromatic heterocycles. The number of hydrogen-bond acceptors (Lipinski definition) is 4. The van der Waals surface area contributed by atoms with Gasteiger partial charge in [-0.15, -0.1) is 0 Å². The minimum atomic E-state index is -0.404. The van der Waals surface area contributed by atoms with Crippen LogP contribution in [-0.2, 0) is 6.61 Å². The van der Waals surface area contributed by atoms with Crippen molar-refractivity contribution in [3.63, 3.8) is 0 Å². The predicted octanol–water partition coefficient (Wildman–Crippen LogP) is 3.50. The van der Waals surface area contributed by atoms with E-state index in [4.69, 9.17) is 4.74 Å². The second-order valence-electron chi connectivity index (χ2n) is 4.51. The third-order valence-electron chi connectivity index (χ3n) is 3.25. The summed E-state index contributed by atoms with van der Waals surface area (Å²) in [6.07, 6.45) is 0. The van der Waals surface area contributed by atoms with Crippen molar-refractivity contribution in [2.24, 2.45) is 0 Å². The lowest BCUT2D eigenvalue weighted by atomic mass is 10.1. The molecule has 0 fully saturated rings. The average Bonchev–Trinajstić information content (AvgIpc) is 2.41. The molecule has 0 unspecified atom stereocenters. The Kier molecular flexibility index (Phi) is 3.89. The summed E-state index contributed by atoms with van der Waals surface area (Å²) < 4.78 is 5.64. The molecule has 0 saturated carbocycles. The third-order valence-corrected chi connectivity index (χ3v) is 3.25. The maximum Gasteiger partial charge on any atom is 0.272 e. The van der Waals surface area contributed by atoms with Crippen LogP contribution in [0.3, 0.4) is 0 Å². The molecule has 20 heavy (non-hydrogen) atoms. The van der Waals surface area contributed by atoms with Crippen molar-refractivity contribution in [2.75, 3.05) is 0 Å². The molecule has 104 valence electrons. The normalized spacial score (nSPS) is 10.3. The highest BCUT2D eigenvalue weighted by atomic mass is 16.6. The van der Waals surface area contributed by atoms with E-state index >= 15 is 0 Å². The summed E-state index contributed by atoms with van der Waals surface area (Å²) >= 11 is 0. The Bertz CT molecular complexity index is 652. The summed E-state index contributed by atoms with van der Waals surface area (Å²) in [6.45, 7) is 3.68. The first-order valence-corrected chi connectivity index (χ1v) is 6.15. The minimum Gasteiger partial charge on any atom is -0.508 e. The van der Waals surface area contributed by atoms with Crippen LogP contribution >= 0.6 is 0 Å². The molecule has 0 aliphatic heterocycles. The third kappa shape index (κ3) is 2.71. The fourth-order valence-electron chi connectivity index (χ4n) is 1.94. The van der Waals surface area contributed by atoms with Crippen LogP contribution in [0.5, 0.6) is 11.5 Å². The first-order chi connectivity index (χ1) is 9.50. The molecule has 2 aromatic carbocycles. The van der Waals surface area contributed by atoms with Gasteiger partial charge in [-0.3, -0.25) is 10.1 Å². The quantitative estimate of drug-likeness (QED) is 0.683. The molecule has 5 nitrogen and oxygen atoms in total. The highest BCUT2D eigenvalue weighted by molar-refractivity contribution is 5.45. The molecular formula is C15H15NO4. The highest BCUT2D eigenvalue weighted by Gasteiger charge is 2.13. The van der Waals surface area contributed by atoms with Crippen molar-refractivity contribution in [1.82, 2.24) is 0 Å². The van der Waals surface area contributed by atoms with Crippen molar-refractivity contribution in [2.45, 2.75) is 20.5 Å². The molecule has 2 rings (SSSR count). The van der Waals surface area contributed by atoms with Crippen LogP contribution in [0.15, 0.2) is 36.4 Å². The molecule has 0 amide bonds. The fraction of sp³-hybridized carbons (Fsp3) is 0.200. The van der Waals surface area contributed by atoms with Gasteiger partial charge in [0, 0.05) is 17.2 Å². The molecule has 5 heteroatoms. The van der Waals surface area contributed by atoms with Gasteiger partial charge in [0.05, 0.1) is 4.92 Å². The number of hydrogen-bond donors (Lipinski definition) is 1. The monoisotopic (exact) mass is 273 g/mol. The summed E-state index contributed by atoms with van der Waals surface area (Å²) in [5.41, 5.74) is 2.08. The first-order valence-electron chi connectivity index (χ1n) is 6.15. The first kappa shape index (κ1) is 13.9. The summed E-state index contributed by atoms with van der Waals surface area (Å²) in [4.78, 5) is 10.5. The maximum atomic E-state index is 10.9. The molecular weight excluding hydrogens is 258 g/mol. The van der Waals surface area contributed by atoms with E-state index in [0.717, 1.165) is 5.56 Å². The van der Waals surface area contributed by atoms with Gasteiger partial charge in [0.15, 0.2) is 0 Å². The van der Waals surface area contributed by atoms with Crippen molar-refractivity contribution >= 4 is 5.69 Å². The van der Waals surface area contributed by atoms with Gasteiger partial charge in [0.1, 0.15) is 18.1 Å². The van der Waals surface area contributed by atoms with Gasteiger partial charge in [-0.1, -0.05) is 18.2 Å². The van der Waals surface area contributed by atoms with Gasteiger partial charge < -0.3 is 9.84 Å². The van der Waals surface area contributed by atoms with Crippen molar-refractivity contribution in [3.05, 3.63) is 63.2 Å². The van der Waals surface area contributed by atoms with Gasteiger partial charge in [-0.05, 0) is 31.5 Å². The lowest BCUT2D eigenvalue weighted by Crippen LogP contribution is -2.01. The highest BCUT2D eigenvalue weighted by Crippen LogP contribution is 2.28. The number of nitrogens with zero attached hydrogens (tertiary/aromatic N) is 1. The van der Waals surface area contributed by atoms with Gasteiger partial charge in [-0.2, -0.15) is 0 Å². The van der Waals surface area contributed by atoms with Crippen molar-refractivity contribution in [1.29, 1.82) is 0 Å². The lowest BCUT2D eigenvalue weighted by Gasteiger charge is -2.11. The molecule has 0 bridgehead atoms. The van der Waals surface area contributed by atoms with E-state index in [1.807, 2.05) is 0 Å². The zero-order valence-electron chi connectivity index (χ0n) is 11.3. The van der Waals surface area contributed by atoms with Gasteiger partial charge in [0.25, 0.3) is 5.69 Å². The van der Waals surface area contributed by atoms with E-state index in [2.05, 4.69) is 0 Å². The Hall–Kier alpha value is -2.56. The van der Waals surface area contributed by atoms with Gasteiger partial charge >= 0.3 is 0 Å². The van der Waals surface area contributed by atoms with Crippen LogP contribution in [0, 0.1) is 24.0 Å². The fourth-order valence-corrected chi connectivity index (χ4v) is 1.94. The van der Waals surface area contributed by atoms with Crippen LogP contribution in [0.2, 0.25) is 0 Å². The van der Waals surface area contributed by atoms with Crippen LogP contribution in [0.4, 0.5) is 5.69 Å². The van der Waals surface area contributed by atoms with Crippen LogP contribution in [-0.4, -0.2) is 10.0 Å². The van der Waals surface area contributed by atoms with Crippen LogP contribution < -0.4 is 4.74 Å². The molecule has 0 aliphatic rings. The van der Waals surface area contributed by atoms with Gasteiger partial charge in [-0.25, -0.2) is 0 Å². The number of benzene rings is 2. The van der Waals surface area contributed by atoms with Crippen LogP contribution in [0.1, 0.15) is 16.7 Å². The molecule has 2 aromatic rings. The van der Waals surface area contributed by atoms with E-state index in [0.29, 0.717) is 16.9 Å². The zero-order chi connectivity index (χ0) is 14.7. The van der Waals surface area contributed by atoms with Crippen molar-refractivity contribution in [3.8, 4) is 11.5 Å². The van der Waals surface area contributed by atoms with E-state index in [-0.39, 0.29) is 18.0 Å². The van der Waals surface area contributed by atoms with Gasteiger partial charge in [0.2, 0.25) is 0 Å². The Morgan fingerprint density at radius 2 is 1.85 bits per heavy atom. The summed E-state index contributed by atoms with van der Waals surface area (Å²) in [6, 6.07) is 9.93. The number of nitro groups is 1. The van der Waals surface area contributed by atoms with Crippen molar-refractivity contribution < 1.29 is 14.8 Å². The molecule has 0 spiro atoms. The Balaban J connectivity index is 2.21. The average molecular weight is 273 g/mol. The molecule has 0 saturated heterocycles. The van der Waals surface area contributed by atoms with E-state index in [1.54, 1.807) is 44.2 Å². The lowest BCUT2D eigenvalue weighted by molar-refractivity contribution is -0.385. The topological polar surface area (TPSA) is 72.6 Å². The second kappa shape index (κ2) is 5.61. The molecule has 0 radical (unpaired) electrons. The summed E-state index contributed by atoms with van der Waals surface area (Å²) in [5.74, 6) is 0.731. The number of phenols is 1. The molecule has 1 N–H and O–H groups in total. The number of aromatic hydroxyl groups is 1. The zero-order valence-corrected chi connectivity index (χ0v) is 11.3. The number of ether oxygens (including phenoxy) is 1. The molecule has 0 aliphatic carbocycles. The van der Waals surface area contributed by atoms with E-state index < -0.39 is 4.92 Å². The summed E-state index contributed by atoms with van der Waals surface area (Å²) in [5, 5.41) is 20.5. The van der Waals surface area contributed by atoms with E-state index in [1.165, 1.54) is 6.07 Å². The summed E-state index contributed by atoms with van der Waals surface area (Å²) in [7, 11) is 0. The largest absolute Gasteiger partial charge is 0.508 e. The minimum absolute atomic E-state index is 0.0822. The molecule has 0 heterocycles. The Morgan fingerprint density at radius 1 is 1.15 bits per heavy atom.